The SMILES string of the molecule is CCCC(=O)NCC(=O)N1CCC2CCC(C1)N2. The first-order valence-corrected chi connectivity index (χ1v) is 6.99. The van der Waals surface area contributed by atoms with Gasteiger partial charge >= 0.3 is 0 Å². The fourth-order valence-corrected chi connectivity index (χ4v) is 2.77. The predicted molar refractivity (Wildman–Crippen MR) is 69.1 cm³/mol. The Bertz CT molecular complexity index is 319. The highest BCUT2D eigenvalue weighted by molar-refractivity contribution is 5.84. The van der Waals surface area contributed by atoms with Gasteiger partial charge in [0.15, 0.2) is 0 Å². The van der Waals surface area contributed by atoms with Gasteiger partial charge < -0.3 is 15.5 Å². The van der Waals surface area contributed by atoms with Crippen LogP contribution < -0.4 is 10.6 Å². The Balaban J connectivity index is 1.76. The molecule has 2 heterocycles. The van der Waals surface area contributed by atoms with Gasteiger partial charge in [0.2, 0.25) is 11.8 Å². The van der Waals surface area contributed by atoms with Crippen LogP contribution in [0.4, 0.5) is 0 Å². The summed E-state index contributed by atoms with van der Waals surface area (Å²) < 4.78 is 0. The van der Waals surface area contributed by atoms with Crippen molar-refractivity contribution in [2.24, 2.45) is 0 Å². The van der Waals surface area contributed by atoms with E-state index < -0.39 is 0 Å². The van der Waals surface area contributed by atoms with Gasteiger partial charge in [-0.3, -0.25) is 9.59 Å². The van der Waals surface area contributed by atoms with Crippen LogP contribution in [0.1, 0.15) is 39.0 Å². The molecule has 18 heavy (non-hydrogen) atoms. The second-order valence-electron chi connectivity index (χ2n) is 5.29. The lowest BCUT2D eigenvalue weighted by Crippen LogP contribution is -2.44. The minimum absolute atomic E-state index is 0.0275. The van der Waals surface area contributed by atoms with E-state index in [9.17, 15) is 9.59 Å². The van der Waals surface area contributed by atoms with E-state index in [0.29, 0.717) is 18.5 Å². The van der Waals surface area contributed by atoms with Crippen LogP contribution >= 0.6 is 0 Å². The first-order chi connectivity index (χ1) is 8.69. The maximum atomic E-state index is 12.0. The van der Waals surface area contributed by atoms with E-state index >= 15 is 0 Å². The molecule has 5 heteroatoms. The number of carbonyl (C=O) groups excluding carboxylic acids is 2. The third-order valence-electron chi connectivity index (χ3n) is 3.79. The average Bonchev–Trinajstić information content (AvgIpc) is 2.66. The fourth-order valence-electron chi connectivity index (χ4n) is 2.77. The predicted octanol–water partition coefficient (Wildman–Crippen LogP) is 0.256. The summed E-state index contributed by atoms with van der Waals surface area (Å²) in [6, 6.07) is 1.04. The van der Waals surface area contributed by atoms with Crippen molar-refractivity contribution in [3.8, 4) is 0 Å². The maximum absolute atomic E-state index is 12.0. The zero-order chi connectivity index (χ0) is 13.0. The molecule has 102 valence electrons. The van der Waals surface area contributed by atoms with E-state index in [-0.39, 0.29) is 18.4 Å². The number of nitrogens with zero attached hydrogens (tertiary/aromatic N) is 1. The van der Waals surface area contributed by atoms with Crippen molar-refractivity contribution >= 4 is 11.8 Å². The van der Waals surface area contributed by atoms with Crippen LogP contribution in [0.15, 0.2) is 0 Å². The van der Waals surface area contributed by atoms with E-state index in [1.165, 1.54) is 6.42 Å². The molecular weight excluding hydrogens is 230 g/mol. The number of nitrogens with one attached hydrogen (secondary N) is 2. The van der Waals surface area contributed by atoms with E-state index in [1.807, 2.05) is 11.8 Å². The van der Waals surface area contributed by atoms with Gasteiger partial charge in [-0.05, 0) is 25.7 Å². The number of hydrogen-bond donors (Lipinski definition) is 2. The minimum atomic E-state index is -0.0275. The summed E-state index contributed by atoms with van der Waals surface area (Å²) in [5.74, 6) is 0.0223. The first kappa shape index (κ1) is 13.3. The molecule has 2 rings (SSSR count). The molecule has 2 unspecified atom stereocenters. The Morgan fingerprint density at radius 3 is 2.83 bits per heavy atom. The zero-order valence-corrected chi connectivity index (χ0v) is 11.1. The van der Waals surface area contributed by atoms with Crippen LogP contribution in [0.2, 0.25) is 0 Å². The third-order valence-corrected chi connectivity index (χ3v) is 3.79. The van der Waals surface area contributed by atoms with Crippen molar-refractivity contribution in [2.75, 3.05) is 19.6 Å². The van der Waals surface area contributed by atoms with E-state index in [4.69, 9.17) is 0 Å². The summed E-state index contributed by atoms with van der Waals surface area (Å²) in [6.07, 6.45) is 4.75. The molecule has 0 spiro atoms. The lowest BCUT2D eigenvalue weighted by molar-refractivity contribution is -0.133. The third kappa shape index (κ3) is 3.45. The topological polar surface area (TPSA) is 61.4 Å². The van der Waals surface area contributed by atoms with Gasteiger partial charge in [-0.1, -0.05) is 6.92 Å². The highest BCUT2D eigenvalue weighted by Gasteiger charge is 2.30. The van der Waals surface area contributed by atoms with E-state index in [2.05, 4.69) is 10.6 Å². The van der Waals surface area contributed by atoms with Crippen LogP contribution in [-0.4, -0.2) is 48.4 Å². The summed E-state index contributed by atoms with van der Waals surface area (Å²) >= 11 is 0. The van der Waals surface area contributed by atoms with E-state index in [1.54, 1.807) is 0 Å². The lowest BCUT2D eigenvalue weighted by atomic mass is 10.1. The molecule has 2 aliphatic rings. The monoisotopic (exact) mass is 253 g/mol. The van der Waals surface area contributed by atoms with Crippen molar-refractivity contribution in [2.45, 2.75) is 51.1 Å². The number of rotatable bonds is 4. The molecule has 0 aromatic carbocycles. The van der Waals surface area contributed by atoms with Gasteiger partial charge in [0.1, 0.15) is 0 Å². The van der Waals surface area contributed by atoms with Gasteiger partial charge in [-0.15, -0.1) is 0 Å². The Kier molecular flexibility index (Phi) is 4.58. The normalized spacial score (nSPS) is 26.8. The molecule has 2 bridgehead atoms. The van der Waals surface area contributed by atoms with Gasteiger partial charge in [0.25, 0.3) is 0 Å². The molecule has 2 fully saturated rings. The van der Waals surface area contributed by atoms with Crippen molar-refractivity contribution in [1.29, 1.82) is 0 Å². The zero-order valence-electron chi connectivity index (χ0n) is 11.1. The van der Waals surface area contributed by atoms with E-state index in [0.717, 1.165) is 32.4 Å². The fraction of sp³-hybridized carbons (Fsp3) is 0.846. The molecule has 2 N–H and O–H groups in total. The molecule has 2 saturated heterocycles. The van der Waals surface area contributed by atoms with Crippen molar-refractivity contribution in [3.63, 3.8) is 0 Å². The molecule has 2 amide bonds. The quantitative estimate of drug-likeness (QED) is 0.755. The number of amides is 2. The number of hydrogen-bond acceptors (Lipinski definition) is 3. The molecule has 0 aromatic rings. The minimum Gasteiger partial charge on any atom is -0.347 e. The first-order valence-electron chi connectivity index (χ1n) is 6.99. The number of carbonyl (C=O) groups is 2. The molecule has 0 aromatic heterocycles. The standard InChI is InChI=1S/C13H23N3O2/c1-2-3-12(17)14-8-13(18)16-7-6-10-4-5-11(9-16)15-10/h10-11,15H,2-9H2,1H3,(H,14,17). The maximum Gasteiger partial charge on any atom is 0.242 e. The Labute approximate surface area is 108 Å². The summed E-state index contributed by atoms with van der Waals surface area (Å²) in [5.41, 5.74) is 0. The molecule has 0 radical (unpaired) electrons. The Morgan fingerprint density at radius 1 is 1.28 bits per heavy atom. The number of fused-ring (bicyclic) bond motifs is 2. The second-order valence-corrected chi connectivity index (χ2v) is 5.29. The summed E-state index contributed by atoms with van der Waals surface area (Å²) in [5, 5.41) is 6.24. The largest absolute Gasteiger partial charge is 0.347 e. The summed E-state index contributed by atoms with van der Waals surface area (Å²) in [6.45, 7) is 3.71. The van der Waals surface area contributed by atoms with Gasteiger partial charge in [-0.2, -0.15) is 0 Å². The van der Waals surface area contributed by atoms with Crippen LogP contribution in [0.5, 0.6) is 0 Å². The summed E-state index contributed by atoms with van der Waals surface area (Å²) in [4.78, 5) is 25.2. The Morgan fingerprint density at radius 2 is 2.06 bits per heavy atom. The molecule has 5 nitrogen and oxygen atoms in total. The van der Waals surface area contributed by atoms with Crippen molar-refractivity contribution in [1.82, 2.24) is 15.5 Å². The van der Waals surface area contributed by atoms with Crippen LogP contribution in [0.25, 0.3) is 0 Å². The van der Waals surface area contributed by atoms with Crippen molar-refractivity contribution < 1.29 is 9.59 Å². The van der Waals surface area contributed by atoms with Crippen LogP contribution in [0, 0.1) is 0 Å². The average molecular weight is 253 g/mol. The van der Waals surface area contributed by atoms with Crippen molar-refractivity contribution in [3.05, 3.63) is 0 Å². The van der Waals surface area contributed by atoms with Crippen LogP contribution in [-0.2, 0) is 9.59 Å². The summed E-state index contributed by atoms with van der Waals surface area (Å²) in [7, 11) is 0. The highest BCUT2D eigenvalue weighted by atomic mass is 16.2. The van der Waals surface area contributed by atoms with Gasteiger partial charge in [0.05, 0.1) is 6.54 Å². The second kappa shape index (κ2) is 6.18. The molecule has 2 atom stereocenters. The smallest absolute Gasteiger partial charge is 0.242 e. The highest BCUT2D eigenvalue weighted by Crippen LogP contribution is 2.20. The van der Waals surface area contributed by atoms with Crippen LogP contribution in [0.3, 0.4) is 0 Å². The molecule has 0 saturated carbocycles. The Hall–Kier alpha value is -1.10. The van der Waals surface area contributed by atoms with Gasteiger partial charge in [-0.25, -0.2) is 0 Å². The molecule has 2 aliphatic heterocycles. The number of likely N-dealkylation sites (tertiary alicyclic amines) is 1. The lowest BCUT2D eigenvalue weighted by Gasteiger charge is -2.24. The molecular formula is C13H23N3O2. The molecule has 0 aliphatic carbocycles. The van der Waals surface area contributed by atoms with Gasteiger partial charge in [0, 0.05) is 31.6 Å².